The van der Waals surface area contributed by atoms with Gasteiger partial charge in [0.15, 0.2) is 0 Å². The molecule has 0 atom stereocenters. The summed E-state index contributed by atoms with van der Waals surface area (Å²) < 4.78 is 7.01. The van der Waals surface area contributed by atoms with Crippen LogP contribution >= 0.6 is 31.9 Å². The Kier molecular flexibility index (Phi) is 7.74. The van der Waals surface area contributed by atoms with Gasteiger partial charge in [-0.3, -0.25) is 4.79 Å². The van der Waals surface area contributed by atoms with Crippen LogP contribution in [-0.4, -0.2) is 37.5 Å². The van der Waals surface area contributed by atoms with E-state index in [-0.39, 0.29) is 12.5 Å². The number of anilines is 2. The molecule has 2 N–H and O–H groups in total. The van der Waals surface area contributed by atoms with Gasteiger partial charge in [-0.1, -0.05) is 68.3 Å². The van der Waals surface area contributed by atoms with Gasteiger partial charge >= 0.3 is 5.97 Å². The van der Waals surface area contributed by atoms with Gasteiger partial charge in [0.25, 0.3) is 5.91 Å². The van der Waals surface area contributed by atoms with Crippen LogP contribution in [0.25, 0.3) is 11.3 Å². The summed E-state index contributed by atoms with van der Waals surface area (Å²) in [6, 6.07) is 18.8. The molecule has 6 nitrogen and oxygen atoms in total. The highest BCUT2D eigenvalue weighted by Crippen LogP contribution is 2.39. The number of fused-ring (bicyclic) bond motifs is 1. The van der Waals surface area contributed by atoms with Crippen LogP contribution in [0.15, 0.2) is 69.6 Å². The summed E-state index contributed by atoms with van der Waals surface area (Å²) in [4.78, 5) is 27.5. The first-order chi connectivity index (χ1) is 16.8. The van der Waals surface area contributed by atoms with Crippen molar-refractivity contribution in [1.29, 1.82) is 0 Å². The maximum Gasteiger partial charge on any atom is 0.338 e. The zero-order chi connectivity index (χ0) is 25.1. The molecule has 0 saturated heterocycles. The topological polar surface area (TPSA) is 70.7 Å². The zero-order valence-corrected chi connectivity index (χ0v) is 22.8. The first-order valence-electron chi connectivity index (χ1n) is 11.1. The van der Waals surface area contributed by atoms with Gasteiger partial charge in [-0.25, -0.2) is 4.79 Å². The Morgan fingerprint density at radius 3 is 2.31 bits per heavy atom. The minimum atomic E-state index is -0.420. The number of hydrogen-bond donors (Lipinski definition) is 2. The Bertz CT molecular complexity index is 1300. The van der Waals surface area contributed by atoms with Crippen LogP contribution in [0.2, 0.25) is 0 Å². The molecule has 0 bridgehead atoms. The van der Waals surface area contributed by atoms with Crippen molar-refractivity contribution < 1.29 is 14.3 Å². The van der Waals surface area contributed by atoms with Gasteiger partial charge in [-0.15, -0.1) is 0 Å². The summed E-state index contributed by atoms with van der Waals surface area (Å²) >= 11 is 7.38. The summed E-state index contributed by atoms with van der Waals surface area (Å²) in [5, 5.41) is 6.39. The van der Waals surface area contributed by atoms with Gasteiger partial charge < -0.3 is 20.3 Å². The normalized spacial score (nSPS) is 13.9. The molecule has 1 aliphatic heterocycles. The van der Waals surface area contributed by atoms with Gasteiger partial charge in [0.1, 0.15) is 0 Å². The number of benzene rings is 3. The van der Waals surface area contributed by atoms with E-state index in [0.29, 0.717) is 22.5 Å². The lowest BCUT2D eigenvalue weighted by molar-refractivity contribution is -0.110. The third-order valence-corrected chi connectivity index (χ3v) is 6.89. The number of hydrogen-bond acceptors (Lipinski definition) is 5. The molecule has 0 aromatic heterocycles. The average molecular weight is 599 g/mol. The summed E-state index contributed by atoms with van der Waals surface area (Å²) in [6.07, 6.45) is 0. The summed E-state index contributed by atoms with van der Waals surface area (Å²) in [6.45, 7) is 2.82. The van der Waals surface area contributed by atoms with Crippen molar-refractivity contribution in [3.63, 3.8) is 0 Å². The predicted octanol–water partition coefficient (Wildman–Crippen LogP) is 6.38. The summed E-state index contributed by atoms with van der Waals surface area (Å²) in [5.41, 5.74) is 5.68. The van der Waals surface area contributed by atoms with Crippen LogP contribution in [0.4, 0.5) is 11.4 Å². The molecule has 35 heavy (non-hydrogen) atoms. The fourth-order valence-electron chi connectivity index (χ4n) is 3.93. The van der Waals surface area contributed by atoms with E-state index in [1.165, 1.54) is 0 Å². The molecule has 3 aromatic rings. The molecule has 8 heteroatoms. The molecule has 1 heterocycles. The second kappa shape index (κ2) is 10.8. The average Bonchev–Trinajstić information content (AvgIpc) is 3.15. The molecule has 4 rings (SSSR count). The van der Waals surface area contributed by atoms with Crippen LogP contribution < -0.4 is 10.6 Å². The van der Waals surface area contributed by atoms with Gasteiger partial charge in [-0.2, -0.15) is 0 Å². The molecule has 0 saturated carbocycles. The number of rotatable bonds is 7. The van der Waals surface area contributed by atoms with Crippen LogP contribution in [0, 0.1) is 0 Å². The lowest BCUT2D eigenvalue weighted by Gasteiger charge is -2.18. The van der Waals surface area contributed by atoms with Crippen LogP contribution in [0.3, 0.4) is 0 Å². The van der Waals surface area contributed by atoms with Crippen molar-refractivity contribution >= 4 is 66.4 Å². The SMILES string of the molecule is CCOC(=O)c1ccc2c(c1)NC(=O)C2=C(Nc1cc(Br)c(CN(C)C)c(Br)c1)c1ccccc1. The van der Waals surface area contributed by atoms with E-state index in [4.69, 9.17) is 4.74 Å². The van der Waals surface area contributed by atoms with E-state index in [9.17, 15) is 9.59 Å². The number of carbonyl (C=O) groups excluding carboxylic acids is 2. The summed E-state index contributed by atoms with van der Waals surface area (Å²) in [7, 11) is 4.04. The van der Waals surface area contributed by atoms with Gasteiger partial charge in [-0.05, 0) is 56.4 Å². The van der Waals surface area contributed by atoms with E-state index in [2.05, 4.69) is 47.4 Å². The molecule has 0 unspecified atom stereocenters. The van der Waals surface area contributed by atoms with Crippen molar-refractivity contribution in [3.05, 3.63) is 91.9 Å². The Hall–Kier alpha value is -2.94. The number of amides is 1. The van der Waals surface area contributed by atoms with Gasteiger partial charge in [0.2, 0.25) is 0 Å². The molecule has 0 spiro atoms. The fraction of sp³-hybridized carbons (Fsp3) is 0.185. The highest BCUT2D eigenvalue weighted by atomic mass is 79.9. The Labute approximate surface area is 221 Å². The van der Waals surface area contributed by atoms with Crippen LogP contribution in [0.5, 0.6) is 0 Å². The van der Waals surface area contributed by atoms with Crippen LogP contribution in [0.1, 0.15) is 34.0 Å². The number of halogens is 2. The third kappa shape index (κ3) is 5.50. The maximum atomic E-state index is 13.2. The molecule has 0 aliphatic carbocycles. The lowest BCUT2D eigenvalue weighted by Crippen LogP contribution is -2.12. The van der Waals surface area contributed by atoms with E-state index in [1.54, 1.807) is 25.1 Å². The predicted molar refractivity (Wildman–Crippen MR) is 147 cm³/mol. The first kappa shape index (κ1) is 25.2. The van der Waals surface area contributed by atoms with Crippen LogP contribution in [-0.2, 0) is 16.1 Å². The third-order valence-electron chi connectivity index (χ3n) is 5.47. The minimum Gasteiger partial charge on any atom is -0.462 e. The molecule has 0 fully saturated rings. The molecule has 180 valence electrons. The van der Waals surface area contributed by atoms with Crippen molar-refractivity contribution in [1.82, 2.24) is 4.90 Å². The first-order valence-corrected chi connectivity index (χ1v) is 12.7. The van der Waals surface area contributed by atoms with E-state index >= 15 is 0 Å². The lowest BCUT2D eigenvalue weighted by atomic mass is 9.99. The molecular formula is C27H25Br2N3O3. The highest BCUT2D eigenvalue weighted by molar-refractivity contribution is 9.11. The van der Waals surface area contributed by atoms with E-state index in [1.807, 2.05) is 56.6 Å². The van der Waals surface area contributed by atoms with E-state index < -0.39 is 5.97 Å². The minimum absolute atomic E-state index is 0.241. The number of carbonyl (C=O) groups is 2. The zero-order valence-electron chi connectivity index (χ0n) is 19.6. The quantitative estimate of drug-likeness (QED) is 0.244. The number of esters is 1. The van der Waals surface area contributed by atoms with E-state index in [0.717, 1.165) is 37.9 Å². The molecular weight excluding hydrogens is 574 g/mol. The summed E-state index contributed by atoms with van der Waals surface area (Å²) in [5.74, 6) is -0.661. The largest absolute Gasteiger partial charge is 0.462 e. The monoisotopic (exact) mass is 597 g/mol. The van der Waals surface area contributed by atoms with Crippen molar-refractivity contribution in [2.75, 3.05) is 31.3 Å². The molecule has 3 aromatic carbocycles. The van der Waals surface area contributed by atoms with Crippen molar-refractivity contribution in [2.45, 2.75) is 13.5 Å². The Morgan fingerprint density at radius 2 is 1.69 bits per heavy atom. The number of ether oxygens (including phenoxy) is 1. The van der Waals surface area contributed by atoms with Gasteiger partial charge in [0, 0.05) is 26.7 Å². The smallest absolute Gasteiger partial charge is 0.338 e. The standard InChI is InChI=1S/C27H25Br2N3O3/c1-4-35-27(34)17-10-11-19-23(12-17)31-26(33)24(19)25(16-8-6-5-7-9-16)30-18-13-21(28)20(15-32(2)3)22(29)14-18/h5-14,30H,4,15H2,1-3H3,(H,31,33). The Morgan fingerprint density at radius 1 is 1.00 bits per heavy atom. The number of nitrogens with zero attached hydrogens (tertiary/aromatic N) is 1. The maximum absolute atomic E-state index is 13.2. The van der Waals surface area contributed by atoms with Crippen molar-refractivity contribution in [3.8, 4) is 0 Å². The van der Waals surface area contributed by atoms with Crippen molar-refractivity contribution in [2.24, 2.45) is 0 Å². The fourth-order valence-corrected chi connectivity index (χ4v) is 5.37. The molecule has 0 radical (unpaired) electrons. The highest BCUT2D eigenvalue weighted by Gasteiger charge is 2.29. The van der Waals surface area contributed by atoms with Gasteiger partial charge in [0.05, 0.1) is 29.1 Å². The molecule has 1 aliphatic rings. The number of nitrogens with one attached hydrogen (secondary N) is 2. The Balaban J connectivity index is 1.81. The second-order valence-electron chi connectivity index (χ2n) is 8.33. The second-order valence-corrected chi connectivity index (χ2v) is 10.0. The molecule has 1 amide bonds.